The van der Waals surface area contributed by atoms with Crippen molar-refractivity contribution in [1.82, 2.24) is 0 Å². The third-order valence-corrected chi connectivity index (χ3v) is 9.77. The quantitative estimate of drug-likeness (QED) is 0.0271. The Balaban J connectivity index is 4.35. The topological polar surface area (TPSA) is 78.9 Å². The van der Waals surface area contributed by atoms with E-state index in [0.717, 1.165) is 64.2 Å². The molecule has 0 saturated heterocycles. The van der Waals surface area contributed by atoms with E-state index >= 15 is 0 Å². The Morgan fingerprint density at radius 3 is 1.04 bits per heavy atom. The van der Waals surface area contributed by atoms with E-state index in [2.05, 4.69) is 32.9 Å². The van der Waals surface area contributed by atoms with Crippen LogP contribution in [0, 0.1) is 0 Å². The SMILES string of the molecule is CCCC/C=C\CCCCCCCC(=O)O[C@H](COC(=O)CCCCCCCCCCCC)COC(=O)CCCCCCCCCCCCCC. The summed E-state index contributed by atoms with van der Waals surface area (Å²) in [5.74, 6) is -0.875. The Kier molecular flexibility index (Phi) is 39.4. The van der Waals surface area contributed by atoms with Gasteiger partial charge in [0.1, 0.15) is 13.2 Å². The van der Waals surface area contributed by atoms with Crippen LogP contribution in [0.15, 0.2) is 12.2 Å². The third-order valence-electron chi connectivity index (χ3n) is 9.77. The van der Waals surface area contributed by atoms with Crippen LogP contribution in [-0.2, 0) is 28.6 Å². The molecule has 0 rings (SSSR count). The summed E-state index contributed by atoms with van der Waals surface area (Å²) in [4.78, 5) is 37.6. The summed E-state index contributed by atoms with van der Waals surface area (Å²) in [6, 6.07) is 0. The van der Waals surface area contributed by atoms with Gasteiger partial charge < -0.3 is 14.2 Å². The van der Waals surface area contributed by atoms with E-state index in [-0.39, 0.29) is 31.1 Å². The predicted molar refractivity (Wildman–Crippen MR) is 215 cm³/mol. The van der Waals surface area contributed by atoms with Crippen molar-refractivity contribution in [3.8, 4) is 0 Å². The molecule has 0 fully saturated rings. The number of hydrogen-bond acceptors (Lipinski definition) is 6. The van der Waals surface area contributed by atoms with E-state index in [1.165, 1.54) is 135 Å². The van der Waals surface area contributed by atoms with Gasteiger partial charge in [0.05, 0.1) is 0 Å². The van der Waals surface area contributed by atoms with Gasteiger partial charge in [-0.25, -0.2) is 0 Å². The molecule has 0 aromatic rings. The van der Waals surface area contributed by atoms with Gasteiger partial charge >= 0.3 is 17.9 Å². The van der Waals surface area contributed by atoms with Gasteiger partial charge in [0, 0.05) is 19.3 Å². The molecule has 0 N–H and O–H groups in total. The van der Waals surface area contributed by atoms with Gasteiger partial charge in [-0.2, -0.15) is 0 Å². The van der Waals surface area contributed by atoms with Crippen molar-refractivity contribution in [2.24, 2.45) is 0 Å². The summed E-state index contributed by atoms with van der Waals surface area (Å²) < 4.78 is 16.7. The molecule has 51 heavy (non-hydrogen) atoms. The second-order valence-corrected chi connectivity index (χ2v) is 15.0. The Morgan fingerprint density at radius 1 is 0.373 bits per heavy atom. The zero-order valence-electron chi connectivity index (χ0n) is 34.1. The van der Waals surface area contributed by atoms with Gasteiger partial charge in [0.25, 0.3) is 0 Å². The average molecular weight is 721 g/mol. The van der Waals surface area contributed by atoms with Crippen LogP contribution < -0.4 is 0 Å². The largest absolute Gasteiger partial charge is 0.462 e. The Morgan fingerprint density at radius 2 is 0.667 bits per heavy atom. The van der Waals surface area contributed by atoms with Crippen molar-refractivity contribution < 1.29 is 28.6 Å². The third kappa shape index (κ3) is 39.2. The van der Waals surface area contributed by atoms with Crippen molar-refractivity contribution in [3.05, 3.63) is 12.2 Å². The van der Waals surface area contributed by atoms with E-state index < -0.39 is 6.10 Å². The molecule has 0 amide bonds. The van der Waals surface area contributed by atoms with Gasteiger partial charge in [-0.1, -0.05) is 193 Å². The number of rotatable bonds is 40. The lowest BCUT2D eigenvalue weighted by Crippen LogP contribution is -2.30. The molecular formula is C45H84O6. The van der Waals surface area contributed by atoms with Gasteiger partial charge in [0.15, 0.2) is 6.10 Å². The molecule has 0 aliphatic heterocycles. The number of allylic oxidation sites excluding steroid dienone is 2. The molecule has 0 aromatic carbocycles. The van der Waals surface area contributed by atoms with Crippen molar-refractivity contribution >= 4 is 17.9 Å². The molecule has 0 aromatic heterocycles. The van der Waals surface area contributed by atoms with E-state index in [4.69, 9.17) is 14.2 Å². The molecule has 0 saturated carbocycles. The summed E-state index contributed by atoms with van der Waals surface area (Å²) in [6.07, 6.45) is 41.9. The van der Waals surface area contributed by atoms with Gasteiger partial charge in [-0.15, -0.1) is 0 Å². The van der Waals surface area contributed by atoms with Crippen LogP contribution >= 0.6 is 0 Å². The lowest BCUT2D eigenvalue weighted by molar-refractivity contribution is -0.167. The van der Waals surface area contributed by atoms with Crippen LogP contribution in [0.25, 0.3) is 0 Å². The highest BCUT2D eigenvalue weighted by Gasteiger charge is 2.19. The van der Waals surface area contributed by atoms with E-state index in [9.17, 15) is 14.4 Å². The number of esters is 3. The number of hydrogen-bond donors (Lipinski definition) is 0. The molecule has 0 spiro atoms. The number of unbranched alkanes of at least 4 members (excludes halogenated alkanes) is 27. The highest BCUT2D eigenvalue weighted by Crippen LogP contribution is 2.15. The summed E-state index contributed by atoms with van der Waals surface area (Å²) in [7, 11) is 0. The Labute approximate surface area is 316 Å². The molecule has 1 atom stereocenters. The van der Waals surface area contributed by atoms with Crippen LogP contribution in [0.5, 0.6) is 0 Å². The second kappa shape index (κ2) is 40.9. The second-order valence-electron chi connectivity index (χ2n) is 15.0. The molecule has 0 radical (unpaired) electrons. The fraction of sp³-hybridized carbons (Fsp3) is 0.889. The van der Waals surface area contributed by atoms with Crippen LogP contribution in [-0.4, -0.2) is 37.2 Å². The van der Waals surface area contributed by atoms with Crippen molar-refractivity contribution in [2.45, 2.75) is 245 Å². The number of ether oxygens (including phenoxy) is 3. The highest BCUT2D eigenvalue weighted by molar-refractivity contribution is 5.71. The van der Waals surface area contributed by atoms with Crippen LogP contribution in [0.1, 0.15) is 239 Å². The minimum absolute atomic E-state index is 0.0693. The number of carbonyl (C=O) groups is 3. The van der Waals surface area contributed by atoms with Crippen molar-refractivity contribution in [1.29, 1.82) is 0 Å². The first-order chi connectivity index (χ1) is 25.0. The highest BCUT2D eigenvalue weighted by atomic mass is 16.6. The maximum absolute atomic E-state index is 12.7. The molecule has 6 nitrogen and oxygen atoms in total. The maximum Gasteiger partial charge on any atom is 0.306 e. The standard InChI is InChI=1S/C45H84O6/c1-4-7-10-13-16-19-22-24-26-29-32-35-38-44(47)50-41-42(40-49-43(46)37-34-31-28-25-21-18-15-12-9-6-3)51-45(48)39-36-33-30-27-23-20-17-14-11-8-5-2/h14,17,42H,4-13,15-16,18-41H2,1-3H3/b17-14-/t42-/m1/s1. The first-order valence-corrected chi connectivity index (χ1v) is 22.2. The maximum atomic E-state index is 12.7. The first kappa shape index (κ1) is 49.1. The molecule has 0 unspecified atom stereocenters. The summed E-state index contributed by atoms with van der Waals surface area (Å²) >= 11 is 0. The Bertz CT molecular complexity index is 794. The van der Waals surface area contributed by atoms with Gasteiger partial charge in [-0.3, -0.25) is 14.4 Å². The zero-order valence-corrected chi connectivity index (χ0v) is 34.1. The molecule has 0 bridgehead atoms. The first-order valence-electron chi connectivity index (χ1n) is 22.2. The monoisotopic (exact) mass is 721 g/mol. The summed E-state index contributed by atoms with van der Waals surface area (Å²) in [6.45, 7) is 6.58. The minimum atomic E-state index is -0.764. The van der Waals surface area contributed by atoms with E-state index in [1.807, 2.05) is 0 Å². The van der Waals surface area contributed by atoms with Crippen molar-refractivity contribution in [2.75, 3.05) is 13.2 Å². The molecule has 6 heteroatoms. The van der Waals surface area contributed by atoms with Crippen LogP contribution in [0.4, 0.5) is 0 Å². The van der Waals surface area contributed by atoms with Crippen LogP contribution in [0.2, 0.25) is 0 Å². The minimum Gasteiger partial charge on any atom is -0.462 e. The lowest BCUT2D eigenvalue weighted by atomic mass is 10.0. The smallest absolute Gasteiger partial charge is 0.306 e. The van der Waals surface area contributed by atoms with Gasteiger partial charge in [0.2, 0.25) is 0 Å². The molecule has 0 aliphatic rings. The normalized spacial score (nSPS) is 12.0. The molecular weight excluding hydrogens is 636 g/mol. The van der Waals surface area contributed by atoms with E-state index in [0.29, 0.717) is 19.3 Å². The fourth-order valence-electron chi connectivity index (χ4n) is 6.36. The predicted octanol–water partition coefficient (Wildman–Crippen LogP) is 13.9. The molecule has 0 aliphatic carbocycles. The summed E-state index contributed by atoms with van der Waals surface area (Å²) in [5, 5.41) is 0. The van der Waals surface area contributed by atoms with Crippen molar-refractivity contribution in [3.63, 3.8) is 0 Å². The zero-order chi connectivity index (χ0) is 37.3. The average Bonchev–Trinajstić information content (AvgIpc) is 3.12. The summed E-state index contributed by atoms with van der Waals surface area (Å²) in [5.41, 5.74) is 0. The lowest BCUT2D eigenvalue weighted by Gasteiger charge is -2.18. The Hall–Kier alpha value is -1.85. The fourth-order valence-corrected chi connectivity index (χ4v) is 6.36. The van der Waals surface area contributed by atoms with E-state index in [1.54, 1.807) is 0 Å². The number of carbonyl (C=O) groups excluding carboxylic acids is 3. The molecule has 0 heterocycles. The molecule has 300 valence electrons. The van der Waals surface area contributed by atoms with Gasteiger partial charge in [-0.05, 0) is 38.5 Å². The van der Waals surface area contributed by atoms with Crippen LogP contribution in [0.3, 0.4) is 0 Å².